The van der Waals surface area contributed by atoms with Crippen molar-refractivity contribution < 1.29 is 19.1 Å². The molecule has 5 aliphatic heterocycles. The fourth-order valence-electron chi connectivity index (χ4n) is 11.4. The maximum absolute atomic E-state index is 13.4. The molecule has 0 bridgehead atoms. The third-order valence-corrected chi connectivity index (χ3v) is 16.1. The number of para-hydroxylation sites is 1. The summed E-state index contributed by atoms with van der Waals surface area (Å²) < 4.78 is 15.1. The molecular weight excluding hydrogens is 916 g/mol. The molecule has 1 spiro atoms. The number of amides is 2. The van der Waals surface area contributed by atoms with E-state index in [4.69, 9.17) is 37.7 Å². The molecule has 10 rings (SSSR count). The summed E-state index contributed by atoms with van der Waals surface area (Å²) in [5.74, 6) is 1.47. The van der Waals surface area contributed by atoms with Crippen molar-refractivity contribution in [1.29, 1.82) is 5.26 Å². The van der Waals surface area contributed by atoms with Crippen LogP contribution in [0.25, 0.3) is 11.0 Å². The van der Waals surface area contributed by atoms with Crippen molar-refractivity contribution in [2.75, 3.05) is 69.7 Å². The first-order chi connectivity index (χ1) is 33.3. The van der Waals surface area contributed by atoms with Crippen LogP contribution in [0.4, 0.5) is 5.95 Å². The van der Waals surface area contributed by atoms with Crippen LogP contribution in [0.2, 0.25) is 5.02 Å². The first kappa shape index (κ1) is 47.2. The molecule has 15 nitrogen and oxygen atoms in total. The van der Waals surface area contributed by atoms with Gasteiger partial charge in [-0.25, -0.2) is 14.8 Å². The van der Waals surface area contributed by atoms with Gasteiger partial charge in [0.2, 0.25) is 17.8 Å². The lowest BCUT2D eigenvalue weighted by Gasteiger charge is -2.58. The van der Waals surface area contributed by atoms with Crippen molar-refractivity contribution >= 4 is 52.0 Å². The predicted molar refractivity (Wildman–Crippen MR) is 265 cm³/mol. The number of alkyl halides is 1. The molecule has 0 radical (unpaired) electrons. The van der Waals surface area contributed by atoms with Crippen LogP contribution in [0.1, 0.15) is 86.4 Å². The zero-order chi connectivity index (χ0) is 48.0. The molecule has 5 saturated heterocycles. The number of hydrogen-bond donors (Lipinski definition) is 1. The molecule has 2 aromatic heterocycles. The molecule has 17 heteroatoms. The van der Waals surface area contributed by atoms with Gasteiger partial charge in [-0.05, 0) is 90.6 Å². The van der Waals surface area contributed by atoms with Gasteiger partial charge in [0.05, 0.1) is 33.2 Å². The fourth-order valence-corrected chi connectivity index (χ4v) is 11.8. The number of imidazole rings is 1. The number of rotatable bonds is 14. The molecule has 5 aromatic rings. The van der Waals surface area contributed by atoms with Gasteiger partial charge in [-0.2, -0.15) is 5.26 Å². The number of imide groups is 1. The summed E-state index contributed by atoms with van der Waals surface area (Å²) >= 11 is 12.4. The predicted octanol–water partition coefficient (Wildman–Crippen LogP) is 6.41. The number of piperidine rings is 3. The topological polar surface area (TPSA) is 154 Å². The number of fused-ring (bicyclic) bond motifs is 1. The van der Waals surface area contributed by atoms with Crippen molar-refractivity contribution in [2.45, 2.75) is 89.1 Å². The largest absolute Gasteiger partial charge is 0.489 e. The van der Waals surface area contributed by atoms with E-state index in [1.54, 1.807) is 16.2 Å². The molecule has 362 valence electrons. The minimum Gasteiger partial charge on any atom is -0.489 e. The van der Waals surface area contributed by atoms with Crippen LogP contribution >= 0.6 is 23.2 Å². The van der Waals surface area contributed by atoms with Crippen LogP contribution in [0.5, 0.6) is 11.5 Å². The monoisotopic (exact) mass is 974 g/mol. The molecule has 69 heavy (non-hydrogen) atoms. The summed E-state index contributed by atoms with van der Waals surface area (Å²) in [7, 11) is 1.77. The van der Waals surface area contributed by atoms with Crippen molar-refractivity contribution in [2.24, 2.45) is 12.5 Å². The van der Waals surface area contributed by atoms with Gasteiger partial charge in [-0.1, -0.05) is 49.7 Å². The SMILES string of the molecule is Cn1c(=O)n(C2CCC(=O)NC2=O)c2cccc(CN3CC(N4CCC(N5CC6(CCN(c7nccc(COc8ccc(C(C)(C)c9cc(Cl)c(OCCCl)c(C#N)c9)cc8)n7)CC6)C5)CC4)C3)c21. The Bertz CT molecular complexity index is 2830. The molecule has 0 saturated carbocycles. The number of hydrogen-bond acceptors (Lipinski definition) is 12. The zero-order valence-electron chi connectivity index (χ0n) is 39.6. The van der Waals surface area contributed by atoms with E-state index in [-0.39, 0.29) is 24.6 Å². The minimum atomic E-state index is -0.681. The zero-order valence-corrected chi connectivity index (χ0v) is 41.1. The number of anilines is 1. The van der Waals surface area contributed by atoms with E-state index in [1.165, 1.54) is 25.9 Å². The van der Waals surface area contributed by atoms with Gasteiger partial charge in [0.25, 0.3) is 0 Å². The van der Waals surface area contributed by atoms with Crippen molar-refractivity contribution in [3.8, 4) is 17.6 Å². The number of aryl methyl sites for hydroxylation is 1. The maximum atomic E-state index is 13.4. The number of halogens is 2. The summed E-state index contributed by atoms with van der Waals surface area (Å²) in [5.41, 5.74) is 5.57. The van der Waals surface area contributed by atoms with Crippen LogP contribution in [0.15, 0.2) is 71.7 Å². The Morgan fingerprint density at radius 3 is 2.38 bits per heavy atom. The van der Waals surface area contributed by atoms with E-state index in [0.29, 0.717) is 52.7 Å². The smallest absolute Gasteiger partial charge is 0.329 e. The van der Waals surface area contributed by atoms with Crippen LogP contribution in [-0.2, 0) is 35.2 Å². The van der Waals surface area contributed by atoms with Gasteiger partial charge in [0.15, 0.2) is 5.75 Å². The second-order valence-electron chi connectivity index (χ2n) is 20.2. The maximum Gasteiger partial charge on any atom is 0.329 e. The molecule has 0 aliphatic carbocycles. The molecule has 1 N–H and O–H groups in total. The van der Waals surface area contributed by atoms with Gasteiger partial charge in [0.1, 0.15) is 31.1 Å². The van der Waals surface area contributed by atoms with E-state index in [0.717, 1.165) is 104 Å². The lowest BCUT2D eigenvalue weighted by molar-refractivity contribution is -0.135. The summed E-state index contributed by atoms with van der Waals surface area (Å²) in [4.78, 5) is 57.7. The van der Waals surface area contributed by atoms with Crippen molar-refractivity contribution in [3.63, 3.8) is 0 Å². The van der Waals surface area contributed by atoms with E-state index in [2.05, 4.69) is 55.9 Å². The Labute approximate surface area is 412 Å². The highest BCUT2D eigenvalue weighted by Crippen LogP contribution is 2.44. The molecule has 5 aliphatic rings. The highest BCUT2D eigenvalue weighted by molar-refractivity contribution is 6.32. The number of benzene rings is 3. The molecular formula is C52H60Cl2N10O5. The Morgan fingerprint density at radius 2 is 1.67 bits per heavy atom. The van der Waals surface area contributed by atoms with Gasteiger partial charge in [0, 0.05) is 96.1 Å². The summed E-state index contributed by atoms with van der Waals surface area (Å²) in [6, 6.07) is 22.3. The Morgan fingerprint density at radius 1 is 0.913 bits per heavy atom. The van der Waals surface area contributed by atoms with E-state index < -0.39 is 17.4 Å². The van der Waals surface area contributed by atoms with Crippen LogP contribution in [0, 0.1) is 16.7 Å². The average Bonchev–Trinajstić information content (AvgIpc) is 3.59. The number of aromatic nitrogens is 4. The van der Waals surface area contributed by atoms with Crippen molar-refractivity contribution in [3.05, 3.63) is 110 Å². The standard InChI is InChI=1S/C52H60Cl2N10O5/c1-51(2,37-25-35(27-55)47(42(54)26-37)68-24-18-53)36-7-9-41(10-8-36)69-31-38-13-19-56-49(57-38)62-22-16-52(17-23-62)32-63(33-52)39-14-20-61(21-15-39)40-29-60(30-40)28-34-5-4-6-43-46(34)59(3)50(67)64(43)44-11-12-45(65)58-48(44)66/h4-10,13,19,25-26,39-40,44H,11-12,14-18,20-24,28-33H2,1-3H3,(H,58,65,66). The molecule has 5 fully saturated rings. The van der Waals surface area contributed by atoms with Gasteiger partial charge in [-0.15, -0.1) is 11.6 Å². The van der Waals surface area contributed by atoms with Crippen molar-refractivity contribution in [1.82, 2.24) is 39.1 Å². The van der Waals surface area contributed by atoms with E-state index in [9.17, 15) is 19.6 Å². The third kappa shape index (κ3) is 9.34. The summed E-state index contributed by atoms with van der Waals surface area (Å²) in [6.07, 6.45) is 7.09. The van der Waals surface area contributed by atoms with Gasteiger partial charge in [-0.3, -0.25) is 38.7 Å². The van der Waals surface area contributed by atoms with Gasteiger partial charge < -0.3 is 14.4 Å². The first-order valence-electron chi connectivity index (χ1n) is 24.3. The van der Waals surface area contributed by atoms with E-state index in [1.807, 2.05) is 60.8 Å². The van der Waals surface area contributed by atoms with E-state index >= 15 is 0 Å². The fraction of sp³-hybridized carbons (Fsp3) is 0.500. The molecule has 2 amide bonds. The number of carbonyl (C=O) groups excluding carboxylic acids is 2. The summed E-state index contributed by atoms with van der Waals surface area (Å²) in [5, 5.41) is 12.6. The lowest BCUT2D eigenvalue weighted by Crippen LogP contribution is -2.66. The molecule has 1 unspecified atom stereocenters. The third-order valence-electron chi connectivity index (χ3n) is 15.6. The molecule has 3 aromatic carbocycles. The lowest BCUT2D eigenvalue weighted by atomic mass is 9.71. The number of carbonyl (C=O) groups is 2. The normalized spacial score (nSPS) is 20.7. The Kier molecular flexibility index (Phi) is 13.2. The Balaban J connectivity index is 0.659. The number of nitriles is 1. The summed E-state index contributed by atoms with van der Waals surface area (Å²) in [6.45, 7) is 14.1. The first-order valence-corrected chi connectivity index (χ1v) is 25.2. The molecule has 1 atom stereocenters. The number of likely N-dealkylation sites (tertiary alicyclic amines) is 3. The highest BCUT2D eigenvalue weighted by atomic mass is 35.5. The van der Waals surface area contributed by atoms with Crippen LogP contribution in [-0.4, -0.2) is 123 Å². The average molecular weight is 976 g/mol. The van der Waals surface area contributed by atoms with Crippen LogP contribution < -0.4 is 25.4 Å². The van der Waals surface area contributed by atoms with Crippen LogP contribution in [0.3, 0.4) is 0 Å². The number of nitrogens with one attached hydrogen (secondary N) is 1. The molecule has 7 heterocycles. The minimum absolute atomic E-state index is 0.227. The second kappa shape index (κ2) is 19.4. The number of ether oxygens (including phenoxy) is 2. The second-order valence-corrected chi connectivity index (χ2v) is 21.0. The number of nitrogens with zero attached hydrogens (tertiary/aromatic N) is 9. The highest BCUT2D eigenvalue weighted by Gasteiger charge is 2.48. The van der Waals surface area contributed by atoms with Gasteiger partial charge >= 0.3 is 5.69 Å². The Hall–Kier alpha value is -5.50. The quantitative estimate of drug-likeness (QED) is 0.0968.